The van der Waals surface area contributed by atoms with E-state index >= 15 is 0 Å². The van der Waals surface area contributed by atoms with Crippen molar-refractivity contribution in [1.82, 2.24) is 9.55 Å². The molecule has 3 aromatic rings. The number of alkyl halides is 3. The molecule has 1 saturated heterocycles. The van der Waals surface area contributed by atoms with Crippen LogP contribution >= 0.6 is 0 Å². The van der Waals surface area contributed by atoms with Gasteiger partial charge in [0.15, 0.2) is 0 Å². The molecular formula is C25H21F3N4O3. The van der Waals surface area contributed by atoms with Crippen LogP contribution in [0.4, 0.5) is 19.0 Å². The zero-order chi connectivity index (χ0) is 24.6. The first kappa shape index (κ1) is 22.8. The largest absolute Gasteiger partial charge is 0.473 e. The van der Waals surface area contributed by atoms with Gasteiger partial charge < -0.3 is 14.4 Å². The second-order valence-electron chi connectivity index (χ2n) is 8.54. The molecule has 0 amide bonds. The summed E-state index contributed by atoms with van der Waals surface area (Å²) in [6.07, 6.45) is -1.15. The number of halogens is 3. The van der Waals surface area contributed by atoms with Gasteiger partial charge in [0.2, 0.25) is 5.88 Å². The maximum absolute atomic E-state index is 12.7. The van der Waals surface area contributed by atoms with Gasteiger partial charge >= 0.3 is 11.9 Å². The lowest BCUT2D eigenvalue weighted by Crippen LogP contribution is -2.36. The Kier molecular flexibility index (Phi) is 5.84. The van der Waals surface area contributed by atoms with E-state index in [1.54, 1.807) is 28.8 Å². The average molecular weight is 482 g/mol. The average Bonchev–Trinajstić information content (AvgIpc) is 3.22. The number of nitrogens with zero attached hydrogens (tertiary/aromatic N) is 4. The molecule has 2 aliphatic heterocycles. The highest BCUT2D eigenvalue weighted by Gasteiger charge is 2.33. The molecule has 1 aromatic heterocycles. The molecule has 1 atom stereocenters. The number of anilines is 1. The van der Waals surface area contributed by atoms with Crippen LogP contribution in [-0.2, 0) is 19.3 Å². The number of nitriles is 1. The van der Waals surface area contributed by atoms with Crippen molar-refractivity contribution >= 4 is 5.82 Å². The summed E-state index contributed by atoms with van der Waals surface area (Å²) in [5.41, 5.74) is -0.276. The molecule has 0 spiro atoms. The molecule has 3 heterocycles. The summed E-state index contributed by atoms with van der Waals surface area (Å²) >= 11 is 0. The van der Waals surface area contributed by atoms with Gasteiger partial charge in [0.05, 0.1) is 11.1 Å². The van der Waals surface area contributed by atoms with Gasteiger partial charge in [-0.05, 0) is 61.2 Å². The minimum Gasteiger partial charge on any atom is -0.473 e. The molecule has 1 fully saturated rings. The molecule has 0 saturated carbocycles. The fourth-order valence-corrected chi connectivity index (χ4v) is 4.50. The molecule has 2 aliphatic rings. The van der Waals surface area contributed by atoms with Gasteiger partial charge in [-0.3, -0.25) is 4.57 Å². The van der Waals surface area contributed by atoms with Crippen LogP contribution in [0, 0.1) is 11.3 Å². The van der Waals surface area contributed by atoms with E-state index in [4.69, 9.17) is 9.47 Å². The van der Waals surface area contributed by atoms with Crippen molar-refractivity contribution < 1.29 is 22.6 Å². The molecule has 0 bridgehead atoms. The van der Waals surface area contributed by atoms with Crippen molar-refractivity contribution in [3.05, 3.63) is 75.7 Å². The fraction of sp³-hybridized carbons (Fsp3) is 0.320. The Balaban J connectivity index is 1.29. The third kappa shape index (κ3) is 4.67. The number of hydrogen-bond donors (Lipinski definition) is 0. The van der Waals surface area contributed by atoms with Crippen molar-refractivity contribution in [3.8, 4) is 23.4 Å². The van der Waals surface area contributed by atoms with Crippen LogP contribution < -0.4 is 20.1 Å². The van der Waals surface area contributed by atoms with E-state index in [0.717, 1.165) is 43.8 Å². The van der Waals surface area contributed by atoms with Crippen molar-refractivity contribution in [2.45, 2.75) is 44.6 Å². The van der Waals surface area contributed by atoms with Gasteiger partial charge in [0, 0.05) is 25.2 Å². The zero-order valence-electron chi connectivity index (χ0n) is 18.6. The molecule has 7 nitrogen and oxygen atoms in total. The minimum atomic E-state index is -4.44. The normalized spacial score (nSPS) is 16.9. The summed E-state index contributed by atoms with van der Waals surface area (Å²) in [6, 6.07) is 13.2. The minimum absolute atomic E-state index is 0.0779. The SMILES string of the molecule is N#Cc1cc(COc2cc3n(c(=O)n2)CC2CCCCN32)ccc1Oc1ccc(C(F)(F)F)cc1. The maximum atomic E-state index is 12.7. The summed E-state index contributed by atoms with van der Waals surface area (Å²) in [4.78, 5) is 18.8. The number of ether oxygens (including phenoxy) is 2. The molecule has 1 unspecified atom stereocenters. The molecular weight excluding hydrogens is 461 g/mol. The monoisotopic (exact) mass is 482 g/mol. The second kappa shape index (κ2) is 8.98. The van der Waals surface area contributed by atoms with E-state index in [1.807, 2.05) is 6.07 Å². The highest BCUT2D eigenvalue weighted by molar-refractivity contribution is 5.49. The molecule has 0 aliphatic carbocycles. The van der Waals surface area contributed by atoms with Crippen LogP contribution in [0.2, 0.25) is 0 Å². The molecule has 0 radical (unpaired) electrons. The summed E-state index contributed by atoms with van der Waals surface area (Å²) in [7, 11) is 0. The molecule has 35 heavy (non-hydrogen) atoms. The van der Waals surface area contributed by atoms with Gasteiger partial charge in [-0.15, -0.1) is 0 Å². The Morgan fingerprint density at radius 2 is 1.91 bits per heavy atom. The Morgan fingerprint density at radius 3 is 2.66 bits per heavy atom. The highest BCUT2D eigenvalue weighted by atomic mass is 19.4. The fourth-order valence-electron chi connectivity index (χ4n) is 4.50. The number of aromatic nitrogens is 2. The Morgan fingerprint density at radius 1 is 1.11 bits per heavy atom. The van der Waals surface area contributed by atoms with Crippen LogP contribution in [-0.4, -0.2) is 22.1 Å². The number of benzene rings is 2. The molecule has 0 N–H and O–H groups in total. The number of rotatable bonds is 5. The van der Waals surface area contributed by atoms with Crippen LogP contribution in [0.3, 0.4) is 0 Å². The van der Waals surface area contributed by atoms with E-state index in [9.17, 15) is 23.2 Å². The van der Waals surface area contributed by atoms with E-state index in [-0.39, 0.29) is 35.2 Å². The van der Waals surface area contributed by atoms with Crippen molar-refractivity contribution in [3.63, 3.8) is 0 Å². The van der Waals surface area contributed by atoms with E-state index in [2.05, 4.69) is 9.88 Å². The first-order valence-corrected chi connectivity index (χ1v) is 11.2. The quantitative estimate of drug-likeness (QED) is 0.516. The lowest BCUT2D eigenvalue weighted by molar-refractivity contribution is -0.137. The lowest BCUT2D eigenvalue weighted by Gasteiger charge is -2.30. The van der Waals surface area contributed by atoms with Crippen LogP contribution in [0.15, 0.2) is 53.3 Å². The summed E-state index contributed by atoms with van der Waals surface area (Å²) in [5, 5.41) is 9.53. The van der Waals surface area contributed by atoms with Gasteiger partial charge in [0.1, 0.15) is 30.0 Å². The van der Waals surface area contributed by atoms with Gasteiger partial charge in [-0.25, -0.2) is 4.79 Å². The third-order valence-electron chi connectivity index (χ3n) is 6.24. The van der Waals surface area contributed by atoms with E-state index < -0.39 is 11.7 Å². The zero-order valence-corrected chi connectivity index (χ0v) is 18.6. The second-order valence-corrected chi connectivity index (χ2v) is 8.54. The molecule has 5 rings (SSSR count). The van der Waals surface area contributed by atoms with E-state index in [1.165, 1.54) is 12.1 Å². The third-order valence-corrected chi connectivity index (χ3v) is 6.24. The number of fused-ring (bicyclic) bond motifs is 3. The smallest absolute Gasteiger partial charge is 0.416 e. The summed E-state index contributed by atoms with van der Waals surface area (Å²) in [5.74, 6) is 1.43. The summed E-state index contributed by atoms with van der Waals surface area (Å²) < 4.78 is 51.3. The van der Waals surface area contributed by atoms with Gasteiger partial charge in [-0.2, -0.15) is 23.4 Å². The molecule has 2 aromatic carbocycles. The molecule has 10 heteroatoms. The van der Waals surface area contributed by atoms with Crippen molar-refractivity contribution in [1.29, 1.82) is 5.26 Å². The van der Waals surface area contributed by atoms with Crippen LogP contribution in [0.25, 0.3) is 0 Å². The van der Waals surface area contributed by atoms with Crippen molar-refractivity contribution in [2.75, 3.05) is 11.4 Å². The summed E-state index contributed by atoms with van der Waals surface area (Å²) in [6.45, 7) is 1.63. The Bertz CT molecular complexity index is 1350. The van der Waals surface area contributed by atoms with Gasteiger partial charge in [0.25, 0.3) is 0 Å². The topological polar surface area (TPSA) is 80.4 Å². The number of hydrogen-bond acceptors (Lipinski definition) is 6. The Labute approximate surface area is 199 Å². The number of piperidine rings is 1. The van der Waals surface area contributed by atoms with Crippen LogP contribution in [0.5, 0.6) is 17.4 Å². The molecule has 180 valence electrons. The maximum Gasteiger partial charge on any atom is 0.416 e. The Hall–Kier alpha value is -4.00. The highest BCUT2D eigenvalue weighted by Crippen LogP contribution is 2.34. The van der Waals surface area contributed by atoms with Crippen LogP contribution in [0.1, 0.15) is 36.0 Å². The first-order chi connectivity index (χ1) is 16.8. The van der Waals surface area contributed by atoms with Crippen molar-refractivity contribution in [2.24, 2.45) is 0 Å². The predicted octanol–water partition coefficient (Wildman–Crippen LogP) is 4.88. The van der Waals surface area contributed by atoms with E-state index in [0.29, 0.717) is 18.2 Å². The predicted molar refractivity (Wildman–Crippen MR) is 120 cm³/mol. The first-order valence-electron chi connectivity index (χ1n) is 11.2. The standard InChI is InChI=1S/C25H21F3N4O3/c26-25(27,28)18-5-7-20(8-6-18)35-21-9-4-16(11-17(21)13-29)15-34-22-12-23-31-10-2-1-3-19(31)14-32(23)24(33)30-22/h4-9,11-12,19H,1-3,10,14-15H2. The van der Waals surface area contributed by atoms with Gasteiger partial charge in [-0.1, -0.05) is 6.07 Å². The lowest BCUT2D eigenvalue weighted by atomic mass is 10.0.